The van der Waals surface area contributed by atoms with Gasteiger partial charge in [-0.25, -0.2) is 0 Å². The summed E-state index contributed by atoms with van der Waals surface area (Å²) in [5.74, 6) is 2.32. The van der Waals surface area contributed by atoms with E-state index < -0.39 is 0 Å². The van der Waals surface area contributed by atoms with Crippen LogP contribution < -0.4 is 9.47 Å². The largest absolute Gasteiger partial charge is 0.492 e. The first-order valence-corrected chi connectivity index (χ1v) is 8.42. The standard InChI is InChI=1S/C17H17Cl3O2/c18-9-13-5-1-3-7-16(13)21-11-15(20)12-22-17-8-4-2-6-14(17)10-19/h1-8,15H,9-12H2. The SMILES string of the molecule is ClCc1ccccc1OCC(Cl)COc1ccccc1CCl. The Balaban J connectivity index is 1.84. The van der Waals surface area contributed by atoms with E-state index in [2.05, 4.69) is 0 Å². The van der Waals surface area contributed by atoms with Gasteiger partial charge in [0.15, 0.2) is 0 Å². The zero-order valence-corrected chi connectivity index (χ0v) is 14.2. The maximum Gasteiger partial charge on any atom is 0.123 e. The molecule has 2 aromatic rings. The molecule has 0 saturated carbocycles. The van der Waals surface area contributed by atoms with Crippen molar-refractivity contribution in [3.05, 3.63) is 59.7 Å². The number of rotatable bonds is 8. The van der Waals surface area contributed by atoms with E-state index in [0.29, 0.717) is 25.0 Å². The van der Waals surface area contributed by atoms with Crippen molar-refractivity contribution in [2.75, 3.05) is 13.2 Å². The van der Waals surface area contributed by atoms with Crippen molar-refractivity contribution in [2.24, 2.45) is 0 Å². The van der Waals surface area contributed by atoms with Crippen LogP contribution in [0.2, 0.25) is 0 Å². The number of hydrogen-bond donors (Lipinski definition) is 0. The fourth-order valence-electron chi connectivity index (χ4n) is 1.92. The van der Waals surface area contributed by atoms with Gasteiger partial charge < -0.3 is 9.47 Å². The number of halogens is 3. The van der Waals surface area contributed by atoms with Crippen molar-refractivity contribution in [3.8, 4) is 11.5 Å². The molecule has 22 heavy (non-hydrogen) atoms. The van der Waals surface area contributed by atoms with Crippen molar-refractivity contribution in [1.82, 2.24) is 0 Å². The molecule has 2 nitrogen and oxygen atoms in total. The van der Waals surface area contributed by atoms with E-state index in [4.69, 9.17) is 44.3 Å². The number of hydrogen-bond acceptors (Lipinski definition) is 2. The maximum absolute atomic E-state index is 6.26. The van der Waals surface area contributed by atoms with Crippen molar-refractivity contribution >= 4 is 34.8 Å². The second kappa shape index (κ2) is 9.14. The molecule has 0 aliphatic carbocycles. The molecule has 0 N–H and O–H groups in total. The summed E-state index contributed by atoms with van der Waals surface area (Å²) in [6, 6.07) is 15.3. The van der Waals surface area contributed by atoms with Crippen LogP contribution in [0.4, 0.5) is 0 Å². The van der Waals surface area contributed by atoms with Crippen LogP contribution in [0.5, 0.6) is 11.5 Å². The minimum absolute atomic E-state index is 0.272. The highest BCUT2D eigenvalue weighted by atomic mass is 35.5. The van der Waals surface area contributed by atoms with Crippen molar-refractivity contribution in [3.63, 3.8) is 0 Å². The molecule has 2 aromatic carbocycles. The van der Waals surface area contributed by atoms with E-state index in [0.717, 1.165) is 22.6 Å². The molecule has 118 valence electrons. The first-order valence-electron chi connectivity index (χ1n) is 6.92. The minimum Gasteiger partial charge on any atom is -0.492 e. The zero-order chi connectivity index (χ0) is 15.8. The molecule has 0 spiro atoms. The molecule has 0 heterocycles. The van der Waals surface area contributed by atoms with Crippen molar-refractivity contribution in [1.29, 1.82) is 0 Å². The van der Waals surface area contributed by atoms with Gasteiger partial charge in [0.1, 0.15) is 30.1 Å². The lowest BCUT2D eigenvalue weighted by atomic mass is 10.2. The molecule has 0 radical (unpaired) electrons. The molecule has 5 heteroatoms. The van der Waals surface area contributed by atoms with Gasteiger partial charge in [-0.15, -0.1) is 34.8 Å². The van der Waals surface area contributed by atoms with Crippen molar-refractivity contribution < 1.29 is 9.47 Å². The second-order valence-electron chi connectivity index (χ2n) is 4.70. The maximum atomic E-state index is 6.26. The summed E-state index contributed by atoms with van der Waals surface area (Å²) in [6.07, 6.45) is 0. The normalized spacial score (nSPS) is 10.7. The third-order valence-electron chi connectivity index (χ3n) is 3.07. The van der Waals surface area contributed by atoms with Crippen LogP contribution >= 0.6 is 34.8 Å². The first-order chi connectivity index (χ1) is 10.7. The van der Waals surface area contributed by atoms with E-state index in [1.165, 1.54) is 0 Å². The minimum atomic E-state index is -0.272. The van der Waals surface area contributed by atoms with Crippen LogP contribution in [0.3, 0.4) is 0 Å². The molecular formula is C17H17Cl3O2. The molecule has 0 fully saturated rings. The summed E-state index contributed by atoms with van der Waals surface area (Å²) in [4.78, 5) is 0. The Bertz CT molecular complexity index is 538. The lowest BCUT2D eigenvalue weighted by molar-refractivity contribution is 0.250. The summed E-state index contributed by atoms with van der Waals surface area (Å²) >= 11 is 18.0. The Hall–Kier alpha value is -1.09. The van der Waals surface area contributed by atoms with Gasteiger partial charge in [-0.05, 0) is 12.1 Å². The monoisotopic (exact) mass is 358 g/mol. The smallest absolute Gasteiger partial charge is 0.123 e. The summed E-state index contributed by atoms with van der Waals surface area (Å²) < 4.78 is 11.4. The number of benzene rings is 2. The molecule has 0 aliphatic rings. The number of para-hydroxylation sites is 2. The Labute approximate surface area is 145 Å². The molecule has 0 saturated heterocycles. The number of alkyl halides is 3. The van der Waals surface area contributed by atoms with Gasteiger partial charge in [0.2, 0.25) is 0 Å². The molecular weight excluding hydrogens is 343 g/mol. The van der Waals surface area contributed by atoms with Gasteiger partial charge in [-0.2, -0.15) is 0 Å². The molecule has 0 amide bonds. The molecule has 0 aliphatic heterocycles. The van der Waals surface area contributed by atoms with E-state index >= 15 is 0 Å². The molecule has 0 bridgehead atoms. The Kier molecular flexibility index (Phi) is 7.17. The van der Waals surface area contributed by atoms with Crippen LogP contribution in [-0.2, 0) is 11.8 Å². The predicted molar refractivity (Wildman–Crippen MR) is 92.6 cm³/mol. The number of ether oxygens (including phenoxy) is 2. The zero-order valence-electron chi connectivity index (χ0n) is 12.0. The van der Waals surface area contributed by atoms with Gasteiger partial charge in [-0.1, -0.05) is 36.4 Å². The molecule has 0 unspecified atom stereocenters. The van der Waals surface area contributed by atoms with Gasteiger partial charge in [0, 0.05) is 11.1 Å². The fraction of sp³-hybridized carbons (Fsp3) is 0.294. The van der Waals surface area contributed by atoms with Crippen LogP contribution in [0.15, 0.2) is 48.5 Å². The quantitative estimate of drug-likeness (QED) is 0.601. The average molecular weight is 360 g/mol. The summed E-state index contributed by atoms with van der Waals surface area (Å²) in [7, 11) is 0. The lowest BCUT2D eigenvalue weighted by Crippen LogP contribution is -2.20. The topological polar surface area (TPSA) is 18.5 Å². The summed E-state index contributed by atoms with van der Waals surface area (Å²) in [6.45, 7) is 0.691. The van der Waals surface area contributed by atoms with Crippen LogP contribution in [0.25, 0.3) is 0 Å². The summed E-state index contributed by atoms with van der Waals surface area (Å²) in [5, 5.41) is -0.272. The fourth-order valence-corrected chi connectivity index (χ4v) is 2.49. The lowest BCUT2D eigenvalue weighted by Gasteiger charge is -2.15. The molecule has 2 rings (SSSR count). The van der Waals surface area contributed by atoms with E-state index in [1.54, 1.807) is 0 Å². The third kappa shape index (κ3) is 4.98. The van der Waals surface area contributed by atoms with Crippen molar-refractivity contribution in [2.45, 2.75) is 17.1 Å². The highest BCUT2D eigenvalue weighted by Crippen LogP contribution is 2.22. The second-order valence-corrected chi connectivity index (χ2v) is 5.85. The van der Waals surface area contributed by atoms with E-state index in [-0.39, 0.29) is 5.38 Å². The highest BCUT2D eigenvalue weighted by molar-refractivity contribution is 6.21. The van der Waals surface area contributed by atoms with Crippen LogP contribution in [0, 0.1) is 0 Å². The Morgan fingerprint density at radius 3 is 1.55 bits per heavy atom. The van der Waals surface area contributed by atoms with E-state index in [9.17, 15) is 0 Å². The Morgan fingerprint density at radius 2 is 1.14 bits per heavy atom. The van der Waals surface area contributed by atoms with Gasteiger partial charge in [0.25, 0.3) is 0 Å². The summed E-state index contributed by atoms with van der Waals surface area (Å²) in [5.41, 5.74) is 1.89. The van der Waals surface area contributed by atoms with Crippen LogP contribution in [0.1, 0.15) is 11.1 Å². The predicted octanol–water partition coefficient (Wildman–Crippen LogP) is 5.23. The Morgan fingerprint density at radius 1 is 0.727 bits per heavy atom. The highest BCUT2D eigenvalue weighted by Gasteiger charge is 2.10. The average Bonchev–Trinajstić information content (AvgIpc) is 2.58. The molecule has 0 atom stereocenters. The first kappa shape index (κ1) is 17.3. The van der Waals surface area contributed by atoms with Gasteiger partial charge in [0.05, 0.1) is 11.8 Å². The van der Waals surface area contributed by atoms with Gasteiger partial charge >= 0.3 is 0 Å². The van der Waals surface area contributed by atoms with Gasteiger partial charge in [-0.3, -0.25) is 0 Å². The van der Waals surface area contributed by atoms with Crippen LogP contribution in [-0.4, -0.2) is 18.6 Å². The molecule has 0 aromatic heterocycles. The van der Waals surface area contributed by atoms with E-state index in [1.807, 2.05) is 48.5 Å². The third-order valence-corrected chi connectivity index (χ3v) is 3.90.